The first kappa shape index (κ1) is 28.0. The quantitative estimate of drug-likeness (QED) is 0.417. The van der Waals surface area contributed by atoms with Crippen molar-refractivity contribution in [2.45, 2.75) is 56.0 Å². The lowest BCUT2D eigenvalue weighted by molar-refractivity contribution is -0.137. The number of likely N-dealkylation sites (tertiary alicyclic amines) is 1. The largest absolute Gasteiger partial charge is 0.416 e. The first-order valence-corrected chi connectivity index (χ1v) is 13.2. The van der Waals surface area contributed by atoms with Crippen molar-refractivity contribution in [1.82, 2.24) is 25.8 Å². The Morgan fingerprint density at radius 2 is 1.92 bits per heavy atom. The molecule has 1 aliphatic heterocycles. The first-order chi connectivity index (χ1) is 18.0. The third-order valence-electron chi connectivity index (χ3n) is 7.10. The molecule has 1 atom stereocenters. The van der Waals surface area contributed by atoms with Gasteiger partial charge in [-0.3, -0.25) is 19.3 Å². The summed E-state index contributed by atoms with van der Waals surface area (Å²) in [5.41, 5.74) is -2.15. The lowest BCUT2D eigenvalue weighted by Gasteiger charge is -2.38. The van der Waals surface area contributed by atoms with E-state index in [-0.39, 0.29) is 30.1 Å². The van der Waals surface area contributed by atoms with Crippen LogP contribution in [0.1, 0.15) is 62.7 Å². The van der Waals surface area contributed by atoms with E-state index in [1.807, 2.05) is 0 Å². The summed E-state index contributed by atoms with van der Waals surface area (Å²) in [6.45, 7) is 1.07. The van der Waals surface area contributed by atoms with Gasteiger partial charge in [-0.15, -0.1) is 11.3 Å². The van der Waals surface area contributed by atoms with Gasteiger partial charge in [0.25, 0.3) is 11.8 Å². The number of hydrogen-bond acceptors (Lipinski definition) is 7. The summed E-state index contributed by atoms with van der Waals surface area (Å²) in [4.78, 5) is 43.4. The third-order valence-corrected chi connectivity index (χ3v) is 8.29. The number of aliphatic hydroxyl groups is 1. The molecule has 0 spiro atoms. The van der Waals surface area contributed by atoms with E-state index < -0.39 is 29.2 Å². The van der Waals surface area contributed by atoms with Crippen LogP contribution >= 0.6 is 11.3 Å². The van der Waals surface area contributed by atoms with Crippen molar-refractivity contribution in [2.75, 3.05) is 26.7 Å². The summed E-state index contributed by atoms with van der Waals surface area (Å²) in [5, 5.41) is 19.5. The molecule has 0 radical (unpaired) electrons. The van der Waals surface area contributed by atoms with Crippen molar-refractivity contribution in [3.63, 3.8) is 0 Å². The lowest BCUT2D eigenvalue weighted by atomic mass is 9.82. The number of alkyl halides is 3. The lowest BCUT2D eigenvalue weighted by Crippen LogP contribution is -2.45. The second-order valence-corrected chi connectivity index (χ2v) is 10.7. The first-order valence-electron chi connectivity index (χ1n) is 12.4. The number of aromatic nitrogens is 1. The van der Waals surface area contributed by atoms with E-state index in [0.717, 1.165) is 44.0 Å². The van der Waals surface area contributed by atoms with Crippen LogP contribution < -0.4 is 16.0 Å². The van der Waals surface area contributed by atoms with Crippen LogP contribution in [0.25, 0.3) is 0 Å². The summed E-state index contributed by atoms with van der Waals surface area (Å²) in [7, 11) is 1.55. The number of hydrogen-bond donors (Lipinski definition) is 4. The standard InChI is InChI=1S/C25H30F3N5O4S/c1-29-22(36)19-12-31-23(38-19)24(37)8-5-18(6-9-24)33-10-7-17(14-33)32-20(34)13-30-21(35)15-3-2-4-16(11-15)25(26,27)28/h2-4,11-12,17-18,37H,5-10,13-14H2,1H3,(H,29,36)(H,30,35)(H,32,34). The summed E-state index contributed by atoms with van der Waals surface area (Å²) in [5.74, 6) is -1.39. The Labute approximate surface area is 221 Å². The minimum atomic E-state index is -4.56. The van der Waals surface area contributed by atoms with Crippen LogP contribution in [0.5, 0.6) is 0 Å². The van der Waals surface area contributed by atoms with Gasteiger partial charge in [0.1, 0.15) is 15.5 Å². The highest BCUT2D eigenvalue weighted by Gasteiger charge is 2.40. The molecular formula is C25H30F3N5O4S. The van der Waals surface area contributed by atoms with Crippen LogP contribution in [0.3, 0.4) is 0 Å². The number of rotatable bonds is 7. The molecule has 1 aromatic heterocycles. The molecule has 1 unspecified atom stereocenters. The minimum Gasteiger partial charge on any atom is -0.383 e. The van der Waals surface area contributed by atoms with Crippen LogP contribution in [0, 0.1) is 0 Å². The van der Waals surface area contributed by atoms with Gasteiger partial charge in [0.05, 0.1) is 18.3 Å². The van der Waals surface area contributed by atoms with Crippen molar-refractivity contribution in [3.05, 3.63) is 51.5 Å². The highest BCUT2D eigenvalue weighted by molar-refractivity contribution is 7.13. The number of benzene rings is 1. The summed E-state index contributed by atoms with van der Waals surface area (Å²) < 4.78 is 38.6. The van der Waals surface area contributed by atoms with E-state index in [2.05, 4.69) is 25.8 Å². The molecule has 1 aliphatic carbocycles. The Hall–Kier alpha value is -3.03. The molecule has 4 rings (SSSR count). The molecule has 206 valence electrons. The normalized spacial score (nSPS) is 24.1. The number of halogens is 3. The van der Waals surface area contributed by atoms with E-state index in [1.54, 1.807) is 7.05 Å². The highest BCUT2D eigenvalue weighted by Crippen LogP contribution is 2.40. The fourth-order valence-corrected chi connectivity index (χ4v) is 6.00. The molecule has 0 bridgehead atoms. The predicted octanol–water partition coefficient (Wildman–Crippen LogP) is 2.27. The number of carbonyl (C=O) groups is 3. The Morgan fingerprint density at radius 1 is 1.18 bits per heavy atom. The minimum absolute atomic E-state index is 0.108. The average molecular weight is 554 g/mol. The molecule has 1 saturated carbocycles. The molecular weight excluding hydrogens is 523 g/mol. The van der Waals surface area contributed by atoms with Gasteiger partial charge < -0.3 is 21.1 Å². The topological polar surface area (TPSA) is 124 Å². The Morgan fingerprint density at radius 3 is 2.61 bits per heavy atom. The number of nitrogens with zero attached hydrogens (tertiary/aromatic N) is 2. The molecule has 1 aromatic carbocycles. The van der Waals surface area contributed by atoms with Crippen molar-refractivity contribution in [1.29, 1.82) is 0 Å². The Balaban J connectivity index is 1.21. The van der Waals surface area contributed by atoms with Gasteiger partial charge in [0.15, 0.2) is 0 Å². The fourth-order valence-electron chi connectivity index (χ4n) is 4.99. The van der Waals surface area contributed by atoms with Crippen molar-refractivity contribution in [3.8, 4) is 0 Å². The maximum absolute atomic E-state index is 12.9. The summed E-state index contributed by atoms with van der Waals surface area (Å²) in [6.07, 6.45) is 0.198. The average Bonchev–Trinajstić information content (AvgIpc) is 3.58. The molecule has 3 amide bonds. The Bertz CT molecular complexity index is 1180. The summed E-state index contributed by atoms with van der Waals surface area (Å²) >= 11 is 1.20. The van der Waals surface area contributed by atoms with Crippen molar-refractivity contribution >= 4 is 29.1 Å². The van der Waals surface area contributed by atoms with Crippen molar-refractivity contribution in [2.24, 2.45) is 0 Å². The molecule has 1 saturated heterocycles. The van der Waals surface area contributed by atoms with Gasteiger partial charge in [-0.25, -0.2) is 4.98 Å². The molecule has 38 heavy (non-hydrogen) atoms. The van der Waals surface area contributed by atoms with E-state index >= 15 is 0 Å². The number of nitrogens with one attached hydrogen (secondary N) is 3. The van der Waals surface area contributed by atoms with Gasteiger partial charge in [0, 0.05) is 37.8 Å². The molecule has 2 aliphatic rings. The molecule has 9 nitrogen and oxygen atoms in total. The van der Waals surface area contributed by atoms with E-state index in [1.165, 1.54) is 23.6 Å². The maximum atomic E-state index is 12.9. The van der Waals surface area contributed by atoms with E-state index in [9.17, 15) is 32.7 Å². The monoisotopic (exact) mass is 553 g/mol. The highest BCUT2D eigenvalue weighted by atomic mass is 32.1. The number of carbonyl (C=O) groups excluding carboxylic acids is 3. The molecule has 2 heterocycles. The second kappa shape index (κ2) is 11.4. The zero-order valence-corrected chi connectivity index (χ0v) is 21.6. The maximum Gasteiger partial charge on any atom is 0.416 e. The number of thiazole rings is 1. The molecule has 13 heteroatoms. The van der Waals surface area contributed by atoms with Gasteiger partial charge in [-0.05, 0) is 50.3 Å². The van der Waals surface area contributed by atoms with Crippen LogP contribution in [-0.2, 0) is 16.6 Å². The number of amides is 3. The molecule has 2 aromatic rings. The van der Waals surface area contributed by atoms with E-state index in [4.69, 9.17) is 0 Å². The van der Waals surface area contributed by atoms with Gasteiger partial charge in [-0.2, -0.15) is 13.2 Å². The van der Waals surface area contributed by atoms with Crippen LogP contribution in [0.15, 0.2) is 30.5 Å². The van der Waals surface area contributed by atoms with E-state index in [0.29, 0.717) is 29.3 Å². The Kier molecular flexibility index (Phi) is 8.38. The smallest absolute Gasteiger partial charge is 0.383 e. The molecule has 2 fully saturated rings. The van der Waals surface area contributed by atoms with Gasteiger partial charge in [-0.1, -0.05) is 6.07 Å². The van der Waals surface area contributed by atoms with Crippen LogP contribution in [-0.4, -0.2) is 71.5 Å². The summed E-state index contributed by atoms with van der Waals surface area (Å²) in [6, 6.07) is 4.18. The fraction of sp³-hybridized carbons (Fsp3) is 0.520. The van der Waals surface area contributed by atoms with Crippen LogP contribution in [0.4, 0.5) is 13.2 Å². The van der Waals surface area contributed by atoms with Gasteiger partial charge in [0.2, 0.25) is 5.91 Å². The molecule has 4 N–H and O–H groups in total. The third kappa shape index (κ3) is 6.51. The zero-order valence-electron chi connectivity index (χ0n) is 20.8. The van der Waals surface area contributed by atoms with Gasteiger partial charge >= 0.3 is 6.18 Å². The SMILES string of the molecule is CNC(=O)c1cnc(C2(O)CCC(N3CCC(NC(=O)CNC(=O)c4cccc(C(F)(F)F)c4)C3)CC2)s1. The second-order valence-electron chi connectivity index (χ2n) is 9.68. The van der Waals surface area contributed by atoms with Crippen molar-refractivity contribution < 1.29 is 32.7 Å². The zero-order chi connectivity index (χ0) is 27.5. The predicted molar refractivity (Wildman–Crippen MR) is 134 cm³/mol. The van der Waals surface area contributed by atoms with Crippen LogP contribution in [0.2, 0.25) is 0 Å².